The number of halogens is 1. The van der Waals surface area contributed by atoms with Crippen LogP contribution in [0.2, 0.25) is 5.02 Å². The van der Waals surface area contributed by atoms with Gasteiger partial charge in [-0.1, -0.05) is 23.7 Å². The third-order valence-electron chi connectivity index (χ3n) is 2.72. The van der Waals surface area contributed by atoms with E-state index in [-0.39, 0.29) is 10.7 Å². The number of benzene rings is 2. The van der Waals surface area contributed by atoms with E-state index >= 15 is 0 Å². The lowest BCUT2D eigenvalue weighted by Gasteiger charge is -2.07. The van der Waals surface area contributed by atoms with Gasteiger partial charge in [0.05, 0.1) is 16.6 Å². The molecule has 100 valence electrons. The Balaban J connectivity index is 2.09. The second-order valence-electron chi connectivity index (χ2n) is 4.09. The minimum atomic E-state index is -0.519. The van der Waals surface area contributed by atoms with Crippen molar-refractivity contribution in [3.05, 3.63) is 68.7 Å². The predicted octanol–water partition coefficient (Wildman–Crippen LogP) is 3.73. The lowest BCUT2D eigenvalue weighted by molar-refractivity contribution is -0.384. The Morgan fingerprint density at radius 3 is 2.55 bits per heavy atom. The molecule has 0 aliphatic carbocycles. The van der Waals surface area contributed by atoms with E-state index in [2.05, 4.69) is 5.32 Å². The van der Waals surface area contributed by atoms with E-state index in [1.54, 1.807) is 18.2 Å². The van der Waals surface area contributed by atoms with Gasteiger partial charge in [-0.3, -0.25) is 10.1 Å². The van der Waals surface area contributed by atoms with Gasteiger partial charge in [0, 0.05) is 18.3 Å². The average molecular weight is 288 g/mol. The summed E-state index contributed by atoms with van der Waals surface area (Å²) in [6.45, 7) is 0.504. The molecule has 5 nitrogen and oxygen atoms in total. The van der Waals surface area contributed by atoms with Crippen molar-refractivity contribution >= 4 is 23.0 Å². The van der Waals surface area contributed by atoms with Crippen molar-refractivity contribution in [3.8, 4) is 6.07 Å². The van der Waals surface area contributed by atoms with Gasteiger partial charge in [0.25, 0.3) is 5.69 Å². The molecule has 2 rings (SSSR count). The summed E-state index contributed by atoms with van der Waals surface area (Å²) >= 11 is 5.74. The van der Waals surface area contributed by atoms with Gasteiger partial charge in [0.2, 0.25) is 0 Å². The zero-order valence-corrected chi connectivity index (χ0v) is 11.1. The summed E-state index contributed by atoms with van der Waals surface area (Å²) < 4.78 is 0. The first kappa shape index (κ1) is 13.8. The number of hydrogen-bond acceptors (Lipinski definition) is 4. The van der Waals surface area contributed by atoms with Crippen LogP contribution in [-0.4, -0.2) is 4.92 Å². The maximum atomic E-state index is 10.8. The monoisotopic (exact) mass is 287 g/mol. The highest BCUT2D eigenvalue weighted by molar-refractivity contribution is 6.32. The fourth-order valence-electron chi connectivity index (χ4n) is 1.66. The van der Waals surface area contributed by atoms with Gasteiger partial charge in [-0.15, -0.1) is 0 Å². The van der Waals surface area contributed by atoms with Crippen LogP contribution in [0.4, 0.5) is 11.4 Å². The van der Waals surface area contributed by atoms with Crippen LogP contribution in [0.1, 0.15) is 11.1 Å². The van der Waals surface area contributed by atoms with Crippen LogP contribution in [0.3, 0.4) is 0 Å². The lowest BCUT2D eigenvalue weighted by atomic mass is 10.1. The van der Waals surface area contributed by atoms with Gasteiger partial charge >= 0.3 is 0 Å². The van der Waals surface area contributed by atoms with Crippen LogP contribution in [-0.2, 0) is 6.54 Å². The van der Waals surface area contributed by atoms with Crippen LogP contribution in [0.5, 0.6) is 0 Å². The van der Waals surface area contributed by atoms with Crippen molar-refractivity contribution in [2.24, 2.45) is 0 Å². The topological polar surface area (TPSA) is 79.0 Å². The Labute approximate surface area is 120 Å². The number of nitrogens with zero attached hydrogens (tertiary/aromatic N) is 2. The maximum Gasteiger partial charge on any atom is 0.289 e. The molecule has 6 heteroatoms. The van der Waals surface area contributed by atoms with E-state index in [9.17, 15) is 10.1 Å². The Morgan fingerprint density at radius 1 is 1.25 bits per heavy atom. The standard InChI is InChI=1S/C14H10ClN3O2/c15-13-6-5-12(7-14(13)18(19)20)17-9-11-3-1-10(8-16)2-4-11/h1-7,17H,9H2. The van der Waals surface area contributed by atoms with Gasteiger partial charge in [-0.25, -0.2) is 0 Å². The Kier molecular flexibility index (Phi) is 4.18. The molecule has 2 aromatic carbocycles. The van der Waals surface area contributed by atoms with Crippen molar-refractivity contribution in [3.63, 3.8) is 0 Å². The average Bonchev–Trinajstić information content (AvgIpc) is 2.46. The second-order valence-corrected chi connectivity index (χ2v) is 4.49. The summed E-state index contributed by atoms with van der Waals surface area (Å²) in [5.74, 6) is 0. The molecule has 0 radical (unpaired) electrons. The summed E-state index contributed by atoms with van der Waals surface area (Å²) in [7, 11) is 0. The molecule has 0 spiro atoms. The molecule has 20 heavy (non-hydrogen) atoms. The number of rotatable bonds is 4. The molecule has 0 aliphatic heterocycles. The molecule has 0 aliphatic rings. The van der Waals surface area contributed by atoms with Crippen LogP contribution < -0.4 is 5.32 Å². The SMILES string of the molecule is N#Cc1ccc(CNc2ccc(Cl)c([N+](=O)[O-])c2)cc1. The van der Waals surface area contributed by atoms with E-state index < -0.39 is 4.92 Å². The van der Waals surface area contributed by atoms with E-state index in [0.717, 1.165) is 5.56 Å². The van der Waals surface area contributed by atoms with Gasteiger partial charge in [0.15, 0.2) is 0 Å². The molecule has 0 bridgehead atoms. The van der Waals surface area contributed by atoms with Crippen molar-refractivity contribution in [1.29, 1.82) is 5.26 Å². The van der Waals surface area contributed by atoms with Gasteiger partial charge in [0.1, 0.15) is 5.02 Å². The van der Waals surface area contributed by atoms with Gasteiger partial charge in [-0.2, -0.15) is 5.26 Å². The fourth-order valence-corrected chi connectivity index (χ4v) is 1.85. The normalized spacial score (nSPS) is 9.80. The molecule has 0 amide bonds. The molecule has 2 aromatic rings. The summed E-state index contributed by atoms with van der Waals surface area (Å²) in [4.78, 5) is 10.3. The Hall–Kier alpha value is -2.58. The summed E-state index contributed by atoms with van der Waals surface area (Å²) in [5.41, 5.74) is 2.06. The van der Waals surface area contributed by atoms with Crippen molar-refractivity contribution < 1.29 is 4.92 Å². The zero-order valence-electron chi connectivity index (χ0n) is 10.3. The lowest BCUT2D eigenvalue weighted by Crippen LogP contribution is -2.00. The largest absolute Gasteiger partial charge is 0.381 e. The number of nitrogens with one attached hydrogen (secondary N) is 1. The molecule has 0 unspecified atom stereocenters. The summed E-state index contributed by atoms with van der Waals surface area (Å²) in [6.07, 6.45) is 0. The molecular formula is C14H10ClN3O2. The smallest absolute Gasteiger partial charge is 0.289 e. The molecule has 1 N–H and O–H groups in total. The van der Waals surface area contributed by atoms with Crippen LogP contribution in [0.25, 0.3) is 0 Å². The van der Waals surface area contributed by atoms with E-state index in [1.807, 2.05) is 18.2 Å². The van der Waals surface area contributed by atoms with E-state index in [1.165, 1.54) is 12.1 Å². The molecule has 0 heterocycles. The maximum absolute atomic E-state index is 10.8. The van der Waals surface area contributed by atoms with Crippen LogP contribution in [0, 0.1) is 21.4 Å². The van der Waals surface area contributed by atoms with Crippen molar-refractivity contribution in [1.82, 2.24) is 0 Å². The molecule has 0 fully saturated rings. The highest BCUT2D eigenvalue weighted by Gasteiger charge is 2.12. The molecular weight excluding hydrogens is 278 g/mol. The number of nitro groups is 1. The molecule has 0 aromatic heterocycles. The van der Waals surface area contributed by atoms with E-state index in [4.69, 9.17) is 16.9 Å². The first-order valence-electron chi connectivity index (χ1n) is 5.77. The fraction of sp³-hybridized carbons (Fsp3) is 0.0714. The molecule has 0 saturated heterocycles. The van der Waals surface area contributed by atoms with Crippen LogP contribution in [0.15, 0.2) is 42.5 Å². The Morgan fingerprint density at radius 2 is 1.95 bits per heavy atom. The minimum Gasteiger partial charge on any atom is -0.381 e. The quantitative estimate of drug-likeness (QED) is 0.686. The third kappa shape index (κ3) is 3.25. The van der Waals surface area contributed by atoms with E-state index in [0.29, 0.717) is 17.8 Å². The highest BCUT2D eigenvalue weighted by atomic mass is 35.5. The number of nitriles is 1. The molecule has 0 atom stereocenters. The second kappa shape index (κ2) is 6.04. The minimum absolute atomic E-state index is 0.110. The molecule has 0 saturated carbocycles. The number of anilines is 1. The third-order valence-corrected chi connectivity index (χ3v) is 3.04. The van der Waals surface area contributed by atoms with Crippen molar-refractivity contribution in [2.45, 2.75) is 6.54 Å². The zero-order chi connectivity index (χ0) is 14.5. The Bertz CT molecular complexity index is 678. The number of nitro benzene ring substituents is 1. The van der Waals surface area contributed by atoms with Crippen LogP contribution >= 0.6 is 11.6 Å². The first-order valence-corrected chi connectivity index (χ1v) is 6.15. The van der Waals surface area contributed by atoms with Gasteiger partial charge < -0.3 is 5.32 Å². The predicted molar refractivity (Wildman–Crippen MR) is 76.6 cm³/mol. The highest BCUT2D eigenvalue weighted by Crippen LogP contribution is 2.27. The van der Waals surface area contributed by atoms with Crippen molar-refractivity contribution in [2.75, 3.05) is 5.32 Å². The number of hydrogen-bond donors (Lipinski definition) is 1. The van der Waals surface area contributed by atoms with Gasteiger partial charge in [-0.05, 0) is 29.8 Å². The first-order chi connectivity index (χ1) is 9.60. The summed E-state index contributed by atoms with van der Waals surface area (Å²) in [5, 5.41) is 22.7. The summed E-state index contributed by atoms with van der Waals surface area (Å²) in [6, 6.07) is 13.7.